The van der Waals surface area contributed by atoms with E-state index in [1.54, 1.807) is 0 Å². The number of hydrogen-bond donors (Lipinski definition) is 0. The molecule has 9 heteroatoms. The van der Waals surface area contributed by atoms with Gasteiger partial charge in [0, 0.05) is 13.5 Å². The molecule has 0 aliphatic carbocycles. The Bertz CT molecular complexity index is 293. The Kier molecular flexibility index (Phi) is 3.92. The molecular weight excluding hydrogens is 253 g/mol. The van der Waals surface area contributed by atoms with E-state index in [-0.39, 0.29) is 6.61 Å². The zero-order valence-corrected chi connectivity index (χ0v) is 8.76. The molecule has 1 rings (SSSR count). The summed E-state index contributed by atoms with van der Waals surface area (Å²) in [6, 6.07) is -1.08. The van der Waals surface area contributed by atoms with Gasteiger partial charge in [-0.15, -0.1) is 5.06 Å². The third kappa shape index (κ3) is 3.77. The molecule has 0 bridgehead atoms. The van der Waals surface area contributed by atoms with Crippen LogP contribution in [-0.4, -0.2) is 49.4 Å². The molecule has 0 spiro atoms. The molecule has 1 heterocycles. The Balaban J connectivity index is 2.65. The standard InChI is InChI=1S/C8H10F5NO3/c1-16-3-5-2-7(9,10)4-14(5)17-6(15)8(11,12)13/h5H,2-4H2,1H3/t5-/m1/s1. The second kappa shape index (κ2) is 4.73. The normalized spacial score (nSPS) is 24.9. The van der Waals surface area contributed by atoms with Gasteiger partial charge >= 0.3 is 12.1 Å². The molecular formula is C8H10F5NO3. The van der Waals surface area contributed by atoms with Crippen molar-refractivity contribution in [2.24, 2.45) is 0 Å². The minimum absolute atomic E-state index is 0.249. The molecule has 0 aromatic rings. The largest absolute Gasteiger partial charge is 0.492 e. The number of carbonyl (C=O) groups excluding carboxylic acids is 1. The number of rotatable bonds is 3. The van der Waals surface area contributed by atoms with Crippen molar-refractivity contribution in [3.63, 3.8) is 0 Å². The van der Waals surface area contributed by atoms with Crippen molar-refractivity contribution in [2.75, 3.05) is 20.3 Å². The highest BCUT2D eigenvalue weighted by atomic mass is 19.4. The molecule has 4 nitrogen and oxygen atoms in total. The van der Waals surface area contributed by atoms with Gasteiger partial charge in [-0.2, -0.15) is 13.2 Å². The summed E-state index contributed by atoms with van der Waals surface area (Å²) in [6.07, 6.45) is -5.93. The lowest BCUT2D eigenvalue weighted by Crippen LogP contribution is -2.39. The van der Waals surface area contributed by atoms with E-state index < -0.39 is 37.1 Å². The van der Waals surface area contributed by atoms with Crippen molar-refractivity contribution in [1.29, 1.82) is 0 Å². The van der Waals surface area contributed by atoms with Gasteiger partial charge in [-0.3, -0.25) is 0 Å². The number of hydrogen-bond acceptors (Lipinski definition) is 4. The van der Waals surface area contributed by atoms with Gasteiger partial charge in [-0.1, -0.05) is 0 Å². The Morgan fingerprint density at radius 3 is 2.53 bits per heavy atom. The molecule has 0 saturated carbocycles. The molecule has 0 amide bonds. The van der Waals surface area contributed by atoms with Crippen molar-refractivity contribution in [1.82, 2.24) is 5.06 Å². The average molecular weight is 263 g/mol. The van der Waals surface area contributed by atoms with E-state index in [9.17, 15) is 26.7 Å². The van der Waals surface area contributed by atoms with Gasteiger partial charge < -0.3 is 9.57 Å². The summed E-state index contributed by atoms with van der Waals surface area (Å²) in [5.41, 5.74) is 0. The van der Waals surface area contributed by atoms with Crippen LogP contribution in [0.3, 0.4) is 0 Å². The first-order valence-corrected chi connectivity index (χ1v) is 4.58. The lowest BCUT2D eigenvalue weighted by atomic mass is 10.2. The van der Waals surface area contributed by atoms with Crippen LogP contribution in [0.25, 0.3) is 0 Å². The molecule has 0 radical (unpaired) electrons. The summed E-state index contributed by atoms with van der Waals surface area (Å²) < 4.78 is 66.1. The fraction of sp³-hybridized carbons (Fsp3) is 0.875. The van der Waals surface area contributed by atoms with E-state index in [0.717, 1.165) is 0 Å². The van der Waals surface area contributed by atoms with Crippen LogP contribution in [0.5, 0.6) is 0 Å². The zero-order valence-electron chi connectivity index (χ0n) is 8.76. The van der Waals surface area contributed by atoms with Crippen molar-refractivity contribution >= 4 is 5.97 Å². The highest BCUT2D eigenvalue weighted by Gasteiger charge is 2.50. The number of hydroxylamine groups is 2. The van der Waals surface area contributed by atoms with Gasteiger partial charge in [0.15, 0.2) is 0 Å². The number of halogens is 5. The lowest BCUT2D eigenvalue weighted by molar-refractivity contribution is -0.245. The quantitative estimate of drug-likeness (QED) is 0.721. The van der Waals surface area contributed by atoms with Gasteiger partial charge in [-0.25, -0.2) is 13.6 Å². The van der Waals surface area contributed by atoms with Crippen LogP contribution in [0, 0.1) is 0 Å². The molecule has 17 heavy (non-hydrogen) atoms. The van der Waals surface area contributed by atoms with Crippen LogP contribution >= 0.6 is 0 Å². The number of ether oxygens (including phenoxy) is 1. The third-order valence-corrected chi connectivity index (χ3v) is 2.12. The Hall–Kier alpha value is -0.960. The molecule has 0 N–H and O–H groups in total. The van der Waals surface area contributed by atoms with Crippen molar-refractivity contribution in [3.8, 4) is 0 Å². The van der Waals surface area contributed by atoms with E-state index in [1.807, 2.05) is 0 Å². The molecule has 1 aliphatic rings. The van der Waals surface area contributed by atoms with Gasteiger partial charge in [0.25, 0.3) is 5.92 Å². The summed E-state index contributed by atoms with van der Waals surface area (Å²) in [7, 11) is 1.21. The molecule has 100 valence electrons. The van der Waals surface area contributed by atoms with E-state index in [2.05, 4.69) is 9.57 Å². The van der Waals surface area contributed by atoms with E-state index >= 15 is 0 Å². The fourth-order valence-corrected chi connectivity index (χ4v) is 1.47. The third-order valence-electron chi connectivity index (χ3n) is 2.12. The molecule has 0 aromatic carbocycles. The Morgan fingerprint density at radius 1 is 1.47 bits per heavy atom. The predicted molar refractivity (Wildman–Crippen MR) is 44.1 cm³/mol. The fourth-order valence-electron chi connectivity index (χ4n) is 1.47. The summed E-state index contributed by atoms with van der Waals surface area (Å²) in [5.74, 6) is -5.72. The maximum Gasteiger partial charge on any atom is 0.492 e. The first-order chi connectivity index (χ1) is 7.65. The highest BCUT2D eigenvalue weighted by Crippen LogP contribution is 2.33. The highest BCUT2D eigenvalue weighted by molar-refractivity contribution is 5.75. The predicted octanol–water partition coefficient (Wildman–Crippen LogP) is 1.36. The van der Waals surface area contributed by atoms with Crippen LogP contribution in [-0.2, 0) is 14.4 Å². The Morgan fingerprint density at radius 2 is 2.06 bits per heavy atom. The van der Waals surface area contributed by atoms with Gasteiger partial charge in [-0.05, 0) is 0 Å². The first-order valence-electron chi connectivity index (χ1n) is 4.58. The van der Waals surface area contributed by atoms with Crippen LogP contribution in [0.2, 0.25) is 0 Å². The van der Waals surface area contributed by atoms with E-state index in [0.29, 0.717) is 5.06 Å². The van der Waals surface area contributed by atoms with Crippen LogP contribution in [0.1, 0.15) is 6.42 Å². The van der Waals surface area contributed by atoms with Gasteiger partial charge in [0.2, 0.25) is 0 Å². The number of carbonyl (C=O) groups is 1. The summed E-state index contributed by atoms with van der Waals surface area (Å²) in [6.45, 7) is -1.32. The second-order valence-corrected chi connectivity index (χ2v) is 3.62. The molecule has 1 atom stereocenters. The Labute approximate surface area is 93.2 Å². The molecule has 1 fully saturated rings. The first kappa shape index (κ1) is 14.1. The second-order valence-electron chi connectivity index (χ2n) is 3.62. The van der Waals surface area contributed by atoms with Gasteiger partial charge in [0.1, 0.15) is 0 Å². The monoisotopic (exact) mass is 263 g/mol. The summed E-state index contributed by atoms with van der Waals surface area (Å²) in [4.78, 5) is 14.4. The maximum absolute atomic E-state index is 12.9. The van der Waals surface area contributed by atoms with Crippen molar-refractivity contribution < 1.29 is 36.3 Å². The zero-order chi connectivity index (χ0) is 13.3. The van der Waals surface area contributed by atoms with Crippen LogP contribution < -0.4 is 0 Å². The van der Waals surface area contributed by atoms with Crippen LogP contribution in [0.15, 0.2) is 0 Å². The summed E-state index contributed by atoms with van der Waals surface area (Å²) in [5, 5.41) is 0.319. The molecule has 0 aromatic heterocycles. The van der Waals surface area contributed by atoms with Crippen molar-refractivity contribution in [2.45, 2.75) is 24.6 Å². The summed E-state index contributed by atoms with van der Waals surface area (Å²) >= 11 is 0. The number of methoxy groups -OCH3 is 1. The van der Waals surface area contributed by atoms with E-state index in [1.165, 1.54) is 7.11 Å². The minimum atomic E-state index is -5.21. The minimum Gasteiger partial charge on any atom is -0.383 e. The van der Waals surface area contributed by atoms with Crippen LogP contribution in [0.4, 0.5) is 22.0 Å². The maximum atomic E-state index is 12.9. The molecule has 1 aliphatic heterocycles. The topological polar surface area (TPSA) is 38.8 Å². The average Bonchev–Trinajstić information content (AvgIpc) is 2.40. The van der Waals surface area contributed by atoms with Crippen molar-refractivity contribution in [3.05, 3.63) is 0 Å². The number of alkyl halides is 5. The molecule has 0 unspecified atom stereocenters. The molecule has 1 saturated heterocycles. The SMILES string of the molecule is COC[C@H]1CC(F)(F)CN1OC(=O)C(F)(F)F. The smallest absolute Gasteiger partial charge is 0.383 e. The lowest BCUT2D eigenvalue weighted by Gasteiger charge is -2.21. The van der Waals surface area contributed by atoms with Gasteiger partial charge in [0.05, 0.1) is 19.2 Å². The van der Waals surface area contributed by atoms with E-state index in [4.69, 9.17) is 0 Å². The number of nitrogens with zero attached hydrogens (tertiary/aromatic N) is 1.